The number of hydrogen-bond donors (Lipinski definition) is 3. The Morgan fingerprint density at radius 1 is 0.507 bits per heavy atom. The van der Waals surface area contributed by atoms with Crippen LogP contribution in [0.25, 0.3) is 10.8 Å². The van der Waals surface area contributed by atoms with E-state index in [0.29, 0.717) is 6.42 Å². The summed E-state index contributed by atoms with van der Waals surface area (Å²) in [4.78, 5) is 34.1. The third-order valence-electron chi connectivity index (χ3n) is 9.47. The lowest BCUT2D eigenvalue weighted by Gasteiger charge is -2.23. The van der Waals surface area contributed by atoms with Gasteiger partial charge >= 0.3 is 0 Å². The van der Waals surface area contributed by atoms with Crippen molar-refractivity contribution in [2.75, 3.05) is 10.6 Å². The van der Waals surface area contributed by atoms with E-state index >= 15 is 0 Å². The first-order valence-electron chi connectivity index (χ1n) is 22.2. The minimum atomic E-state index is 0. The SMILES string of the molecule is C.C.C.C.C.C.C.C.CCC.CCC1=Nc2ccc3c4c(ccc(c24)N1)N=C(C)N3.CCc1ccn(CC)n1.CCc1cn[nH]c1CC.CCc1cncc(Cc2cncc(C)n2)n1.Cc1cnccn1. The van der Waals surface area contributed by atoms with E-state index in [1.165, 1.54) is 23.4 Å². The molecule has 7 aromatic rings. The van der Waals surface area contributed by atoms with E-state index in [1.807, 2.05) is 37.8 Å². The smallest absolute Gasteiger partial charge is 0.106 e. The zero-order chi connectivity index (χ0) is 45.6. The molecule has 0 bridgehead atoms. The number of H-pyrrole nitrogens is 1. The second kappa shape index (κ2) is 39.1. The molecule has 3 N–H and O–H groups in total. The zero-order valence-electron chi connectivity index (χ0n) is 39.2. The van der Waals surface area contributed by atoms with Crippen molar-refractivity contribution in [1.29, 1.82) is 0 Å². The van der Waals surface area contributed by atoms with Gasteiger partial charge < -0.3 is 10.6 Å². The Balaban J connectivity index is -0.000000255. The summed E-state index contributed by atoms with van der Waals surface area (Å²) in [5.41, 5.74) is 12.9. The van der Waals surface area contributed by atoms with E-state index in [0.717, 1.165) is 112 Å². The Labute approximate surface area is 432 Å². The number of nitrogens with one attached hydrogen (secondary N) is 3. The Bertz CT molecular complexity index is 2470. The van der Waals surface area contributed by atoms with Crippen LogP contribution >= 0.6 is 0 Å². The molecular weight excluding hydrogens is 881 g/mol. The lowest BCUT2D eigenvalue weighted by Crippen LogP contribution is -2.15. The maximum atomic E-state index is 4.67. The van der Waals surface area contributed by atoms with E-state index in [1.54, 1.807) is 43.4 Å². The quantitative estimate of drug-likeness (QED) is 0.133. The van der Waals surface area contributed by atoms with Gasteiger partial charge in [-0.2, -0.15) is 10.2 Å². The molecule has 0 radical (unpaired) electrons. The summed E-state index contributed by atoms with van der Waals surface area (Å²) < 4.78 is 1.94. The third kappa shape index (κ3) is 22.7. The number of aromatic amines is 1. The first-order valence-corrected chi connectivity index (χ1v) is 22.2. The van der Waals surface area contributed by atoms with Crippen molar-refractivity contribution >= 4 is 45.2 Å². The minimum Gasteiger partial charge on any atom is -0.343 e. The zero-order valence-corrected chi connectivity index (χ0v) is 39.2. The van der Waals surface area contributed by atoms with E-state index in [-0.39, 0.29) is 59.4 Å². The Morgan fingerprint density at radius 2 is 1.07 bits per heavy atom. The number of benzene rings is 2. The van der Waals surface area contributed by atoms with Gasteiger partial charge in [-0.3, -0.25) is 39.7 Å². The van der Waals surface area contributed by atoms with Crippen LogP contribution in [-0.4, -0.2) is 61.6 Å². The summed E-state index contributed by atoms with van der Waals surface area (Å²) in [6.07, 6.45) is 23.0. The molecule has 2 aromatic carbocycles. The van der Waals surface area contributed by atoms with Gasteiger partial charge in [-0.15, -0.1) is 0 Å². The third-order valence-corrected chi connectivity index (χ3v) is 9.47. The molecule has 7 heterocycles. The molecule has 0 saturated heterocycles. The van der Waals surface area contributed by atoms with Crippen molar-refractivity contribution in [3.8, 4) is 0 Å². The molecule has 14 heteroatoms. The van der Waals surface area contributed by atoms with Crippen molar-refractivity contribution in [3.63, 3.8) is 0 Å². The van der Waals surface area contributed by atoms with Crippen LogP contribution in [0.2, 0.25) is 0 Å². The van der Waals surface area contributed by atoms with E-state index in [2.05, 4.69) is 152 Å². The number of nitrogens with zero attached hydrogens (tertiary/aromatic N) is 11. The lowest BCUT2D eigenvalue weighted by molar-refractivity contribution is 0.648. The number of rotatable bonds is 8. The van der Waals surface area contributed by atoms with Gasteiger partial charge in [0, 0.05) is 96.8 Å². The van der Waals surface area contributed by atoms with E-state index in [9.17, 15) is 0 Å². The van der Waals surface area contributed by atoms with Crippen molar-refractivity contribution < 1.29 is 0 Å². The average molecular weight is 980 g/mol. The molecule has 2 aliphatic heterocycles. The van der Waals surface area contributed by atoms with Crippen molar-refractivity contribution in [2.45, 2.75) is 187 Å². The van der Waals surface area contributed by atoms with Gasteiger partial charge in [-0.05, 0) is 89.3 Å². The normalized spacial score (nSPS) is 10.1. The van der Waals surface area contributed by atoms with Crippen LogP contribution in [0.1, 0.15) is 180 Å². The van der Waals surface area contributed by atoms with Gasteiger partial charge in [0.05, 0.1) is 51.7 Å². The van der Waals surface area contributed by atoms with Crippen LogP contribution in [0, 0.1) is 13.8 Å². The monoisotopic (exact) mass is 979 g/mol. The van der Waals surface area contributed by atoms with Crippen LogP contribution in [0.3, 0.4) is 0 Å². The highest BCUT2D eigenvalue weighted by Crippen LogP contribution is 2.45. The summed E-state index contributed by atoms with van der Waals surface area (Å²) in [6, 6.07) is 10.4. The molecular formula is C57H98N14. The van der Waals surface area contributed by atoms with E-state index < -0.39 is 0 Å². The molecule has 0 amide bonds. The number of aromatic nitrogens is 10. The molecule has 71 heavy (non-hydrogen) atoms. The fourth-order valence-corrected chi connectivity index (χ4v) is 6.34. The molecule has 0 saturated carbocycles. The molecule has 0 fully saturated rings. The molecule has 14 nitrogen and oxygen atoms in total. The van der Waals surface area contributed by atoms with Crippen molar-refractivity contribution in [2.24, 2.45) is 9.98 Å². The molecule has 9 rings (SSSR count). The molecule has 0 atom stereocenters. The highest BCUT2D eigenvalue weighted by molar-refractivity contribution is 6.22. The molecule has 0 unspecified atom stereocenters. The summed E-state index contributed by atoms with van der Waals surface area (Å²) in [7, 11) is 0. The van der Waals surface area contributed by atoms with Crippen LogP contribution in [-0.2, 0) is 38.6 Å². The maximum absolute atomic E-state index is 4.67. The van der Waals surface area contributed by atoms with Gasteiger partial charge in [0.2, 0.25) is 0 Å². The standard InChI is InChI=1S/C15H14N4.C12H14N4.2C7H12N2.C5H6N2.C3H8.8CH4/c1-3-13-18-11-6-4-9-14-10(17-8(2)16-9)5-7-12(19-13)15(11)14;1-3-10-6-14-8-12(16-10)4-11-7-13-5-9(2)15-11;1-3-7-5-6-9(4-2)8-7;1-3-6-5-8-9-7(6)4-2;1-5-4-6-2-3-7-5;1-3-2;;;;;;;;/h4-7H,3H2,1-2H3,(H,16,17)(H,18,19);5-8H,3-4H2,1-2H3;5-6H,3-4H2,1-2H3;5H,3-4H2,1-2H3,(H,8,9);2-4H,1H3;3H2,1-2H3;8*1H4. The molecule has 2 aliphatic rings. The van der Waals surface area contributed by atoms with Crippen LogP contribution in [0.5, 0.6) is 0 Å². The summed E-state index contributed by atoms with van der Waals surface area (Å²) in [6.45, 7) is 23.7. The predicted molar refractivity (Wildman–Crippen MR) is 314 cm³/mol. The second-order valence-corrected chi connectivity index (χ2v) is 14.7. The van der Waals surface area contributed by atoms with Crippen molar-refractivity contribution in [1.82, 2.24) is 49.9 Å². The fourth-order valence-electron chi connectivity index (χ4n) is 6.34. The number of amidine groups is 2. The maximum Gasteiger partial charge on any atom is 0.106 e. The summed E-state index contributed by atoms with van der Waals surface area (Å²) in [5, 5.41) is 20.2. The number of hydrogen-bond acceptors (Lipinski definition) is 12. The predicted octanol–water partition coefficient (Wildman–Crippen LogP) is 16.2. The molecule has 0 aliphatic carbocycles. The van der Waals surface area contributed by atoms with Gasteiger partial charge in [0.15, 0.2) is 0 Å². The minimum absolute atomic E-state index is 0. The fraction of sp³-hybridized carbons (Fsp3) is 0.474. The topological polar surface area (TPSA) is 173 Å². The first kappa shape index (κ1) is 73.3. The van der Waals surface area contributed by atoms with Crippen LogP contribution in [0.4, 0.5) is 22.7 Å². The van der Waals surface area contributed by atoms with Crippen LogP contribution < -0.4 is 10.6 Å². The molecule has 5 aromatic heterocycles. The second-order valence-electron chi connectivity index (χ2n) is 14.7. The van der Waals surface area contributed by atoms with Gasteiger partial charge in [-0.25, -0.2) is 9.98 Å². The largest absolute Gasteiger partial charge is 0.343 e. The highest BCUT2D eigenvalue weighted by Gasteiger charge is 2.20. The number of aryl methyl sites for hydroxylation is 7. The van der Waals surface area contributed by atoms with Crippen LogP contribution in [0.15, 0.2) is 96.1 Å². The summed E-state index contributed by atoms with van der Waals surface area (Å²) in [5.74, 6) is 1.94. The Hall–Kier alpha value is -6.70. The van der Waals surface area contributed by atoms with E-state index in [4.69, 9.17) is 0 Å². The molecule has 396 valence electrons. The lowest BCUT2D eigenvalue weighted by atomic mass is 10.0. The average Bonchev–Trinajstić information content (AvgIpc) is 3.99. The number of aliphatic imine (C=N–C) groups is 2. The van der Waals surface area contributed by atoms with Gasteiger partial charge in [0.1, 0.15) is 11.7 Å². The Kier molecular flexibility index (Phi) is 40.3. The van der Waals surface area contributed by atoms with Crippen molar-refractivity contribution in [3.05, 3.63) is 132 Å². The Morgan fingerprint density at radius 3 is 1.54 bits per heavy atom. The van der Waals surface area contributed by atoms with Gasteiger partial charge in [0.25, 0.3) is 0 Å². The highest BCUT2D eigenvalue weighted by atomic mass is 15.3. The summed E-state index contributed by atoms with van der Waals surface area (Å²) >= 11 is 0. The first-order chi connectivity index (χ1) is 30.6. The number of anilines is 2. The van der Waals surface area contributed by atoms with Gasteiger partial charge in [-0.1, -0.05) is 114 Å². The molecule has 0 spiro atoms.